The molecule has 18 heavy (non-hydrogen) atoms. The van der Waals surface area contributed by atoms with Gasteiger partial charge in [-0.05, 0) is 18.8 Å². The summed E-state index contributed by atoms with van der Waals surface area (Å²) in [5.74, 6) is 2.15. The molecule has 0 spiro atoms. The van der Waals surface area contributed by atoms with Gasteiger partial charge >= 0.3 is 0 Å². The summed E-state index contributed by atoms with van der Waals surface area (Å²) < 4.78 is 0. The Hall–Kier alpha value is -1.35. The zero-order valence-electron chi connectivity index (χ0n) is 10.1. The van der Waals surface area contributed by atoms with Gasteiger partial charge in [-0.1, -0.05) is 30.7 Å². The Balaban J connectivity index is 1.90. The van der Waals surface area contributed by atoms with Crippen molar-refractivity contribution >= 4 is 28.2 Å². The van der Waals surface area contributed by atoms with Gasteiger partial charge in [-0.3, -0.25) is 0 Å². The van der Waals surface area contributed by atoms with Crippen LogP contribution < -0.4 is 5.32 Å². The molecule has 94 valence electrons. The molecule has 1 aliphatic carbocycles. The van der Waals surface area contributed by atoms with Crippen molar-refractivity contribution < 1.29 is 0 Å². The number of fused-ring (bicyclic) bond motifs is 1. The Bertz CT molecular complexity index is 538. The normalized spacial score (nSPS) is 23.4. The van der Waals surface area contributed by atoms with Crippen LogP contribution in [0.5, 0.6) is 0 Å². The van der Waals surface area contributed by atoms with Crippen LogP contribution in [0, 0.1) is 5.92 Å². The summed E-state index contributed by atoms with van der Waals surface area (Å²) in [5, 5.41) is 14.1. The maximum absolute atomic E-state index is 6.01. The van der Waals surface area contributed by atoms with Gasteiger partial charge in [-0.2, -0.15) is 5.10 Å². The van der Waals surface area contributed by atoms with Gasteiger partial charge in [0.2, 0.25) is 0 Å². The fraction of sp³-hybridized carbons (Fsp3) is 0.429. The van der Waals surface area contributed by atoms with Gasteiger partial charge in [-0.15, -0.1) is 16.7 Å². The minimum Gasteiger partial charge on any atom is -0.365 e. The molecule has 1 aromatic heterocycles. The third-order valence-corrected chi connectivity index (χ3v) is 4.15. The van der Waals surface area contributed by atoms with Crippen molar-refractivity contribution in [3.63, 3.8) is 0 Å². The highest BCUT2D eigenvalue weighted by Gasteiger charge is 2.27. The summed E-state index contributed by atoms with van der Waals surface area (Å²) in [6.45, 7) is 0. The number of alkyl halides is 1. The first-order valence-electron chi connectivity index (χ1n) is 6.41. The quantitative estimate of drug-likeness (QED) is 0.860. The summed E-state index contributed by atoms with van der Waals surface area (Å²) in [4.78, 5) is 0. The lowest BCUT2D eigenvalue weighted by Gasteiger charge is -2.19. The van der Waals surface area contributed by atoms with E-state index in [1.807, 2.05) is 12.1 Å². The second kappa shape index (κ2) is 5.11. The Morgan fingerprint density at radius 1 is 1.28 bits per heavy atom. The van der Waals surface area contributed by atoms with Gasteiger partial charge in [0, 0.05) is 22.7 Å². The third-order valence-electron chi connectivity index (χ3n) is 3.75. The third kappa shape index (κ3) is 2.15. The minimum atomic E-state index is 0.433. The van der Waals surface area contributed by atoms with Gasteiger partial charge in [0.25, 0.3) is 0 Å². The molecule has 0 bridgehead atoms. The summed E-state index contributed by atoms with van der Waals surface area (Å²) in [5.41, 5.74) is 0. The van der Waals surface area contributed by atoms with E-state index in [1.54, 1.807) is 6.20 Å². The minimum absolute atomic E-state index is 0.433. The van der Waals surface area contributed by atoms with Crippen molar-refractivity contribution in [1.82, 2.24) is 10.2 Å². The van der Waals surface area contributed by atoms with Gasteiger partial charge in [-0.25, -0.2) is 0 Å². The Morgan fingerprint density at radius 3 is 3.06 bits per heavy atom. The zero-order valence-corrected chi connectivity index (χ0v) is 10.9. The first-order chi connectivity index (χ1) is 8.88. The van der Waals surface area contributed by atoms with Gasteiger partial charge in [0.15, 0.2) is 5.82 Å². The number of rotatable bonds is 3. The highest BCUT2D eigenvalue weighted by molar-refractivity contribution is 6.18. The lowest BCUT2D eigenvalue weighted by atomic mass is 10.1. The standard InChI is InChI=1S/C14H16ClN3/c15-8-10-5-3-7-13(10)17-14-12-6-2-1-4-11(12)9-16-18-14/h1-2,4,6,9-10,13H,3,5,7-8H2,(H,17,18). The Morgan fingerprint density at radius 2 is 2.17 bits per heavy atom. The predicted molar refractivity (Wildman–Crippen MR) is 75.0 cm³/mol. The van der Waals surface area contributed by atoms with Crippen LogP contribution in [0.2, 0.25) is 0 Å². The van der Waals surface area contributed by atoms with E-state index in [4.69, 9.17) is 11.6 Å². The highest BCUT2D eigenvalue weighted by Crippen LogP contribution is 2.30. The number of benzene rings is 1. The molecule has 1 aliphatic rings. The molecule has 1 fully saturated rings. The van der Waals surface area contributed by atoms with Crippen molar-refractivity contribution in [2.24, 2.45) is 5.92 Å². The topological polar surface area (TPSA) is 37.8 Å². The van der Waals surface area contributed by atoms with Crippen LogP contribution in [0.4, 0.5) is 5.82 Å². The maximum Gasteiger partial charge on any atom is 0.156 e. The lowest BCUT2D eigenvalue weighted by molar-refractivity contribution is 0.561. The van der Waals surface area contributed by atoms with E-state index >= 15 is 0 Å². The molecule has 2 atom stereocenters. The summed E-state index contributed by atoms with van der Waals surface area (Å²) in [6.07, 6.45) is 5.42. The molecule has 0 aliphatic heterocycles. The van der Waals surface area contributed by atoms with E-state index in [-0.39, 0.29) is 0 Å². The number of anilines is 1. The second-order valence-electron chi connectivity index (χ2n) is 4.88. The van der Waals surface area contributed by atoms with Crippen LogP contribution in [0.15, 0.2) is 30.5 Å². The molecule has 0 radical (unpaired) electrons. The van der Waals surface area contributed by atoms with E-state index in [0.717, 1.165) is 22.5 Å². The predicted octanol–water partition coefficient (Wildman–Crippen LogP) is 3.45. The lowest BCUT2D eigenvalue weighted by Crippen LogP contribution is -2.25. The number of nitrogens with zero attached hydrogens (tertiary/aromatic N) is 2. The van der Waals surface area contributed by atoms with Gasteiger partial charge in [0.05, 0.1) is 6.20 Å². The average molecular weight is 262 g/mol. The fourth-order valence-electron chi connectivity index (χ4n) is 2.72. The average Bonchev–Trinajstić information content (AvgIpc) is 2.86. The van der Waals surface area contributed by atoms with E-state index in [0.29, 0.717) is 12.0 Å². The number of aromatic nitrogens is 2. The summed E-state index contributed by atoms with van der Waals surface area (Å²) in [6, 6.07) is 8.62. The Kier molecular flexibility index (Phi) is 3.33. The molecule has 1 saturated carbocycles. The van der Waals surface area contributed by atoms with Crippen LogP contribution in [-0.2, 0) is 0 Å². The fourth-order valence-corrected chi connectivity index (χ4v) is 3.09. The molecule has 0 saturated heterocycles. The summed E-state index contributed by atoms with van der Waals surface area (Å²) in [7, 11) is 0. The van der Waals surface area contributed by atoms with E-state index in [2.05, 4.69) is 27.6 Å². The van der Waals surface area contributed by atoms with Gasteiger partial charge < -0.3 is 5.32 Å². The first kappa shape index (κ1) is 11.7. The molecule has 2 unspecified atom stereocenters. The molecule has 1 N–H and O–H groups in total. The SMILES string of the molecule is ClCC1CCCC1Nc1nncc2ccccc12. The molecule has 3 nitrogen and oxygen atoms in total. The Labute approximate surface area is 112 Å². The number of nitrogens with one attached hydrogen (secondary N) is 1. The maximum atomic E-state index is 6.01. The first-order valence-corrected chi connectivity index (χ1v) is 6.95. The molecule has 1 aromatic carbocycles. The van der Waals surface area contributed by atoms with Crippen molar-refractivity contribution in [2.45, 2.75) is 25.3 Å². The molecule has 2 aromatic rings. The number of halogens is 1. The molecule has 4 heteroatoms. The van der Waals surface area contributed by atoms with Crippen molar-refractivity contribution in [1.29, 1.82) is 0 Å². The van der Waals surface area contributed by atoms with Crippen molar-refractivity contribution in [2.75, 3.05) is 11.2 Å². The van der Waals surface area contributed by atoms with Crippen LogP contribution in [-0.4, -0.2) is 22.1 Å². The largest absolute Gasteiger partial charge is 0.365 e. The summed E-state index contributed by atoms with van der Waals surface area (Å²) >= 11 is 6.01. The molecular formula is C14H16ClN3. The number of hydrogen-bond donors (Lipinski definition) is 1. The molecule has 1 heterocycles. The molecular weight excluding hydrogens is 246 g/mol. The highest BCUT2D eigenvalue weighted by atomic mass is 35.5. The van der Waals surface area contributed by atoms with E-state index in [1.165, 1.54) is 19.3 Å². The van der Waals surface area contributed by atoms with Crippen LogP contribution in [0.25, 0.3) is 10.8 Å². The second-order valence-corrected chi connectivity index (χ2v) is 5.19. The number of hydrogen-bond acceptors (Lipinski definition) is 3. The van der Waals surface area contributed by atoms with Crippen molar-refractivity contribution in [3.05, 3.63) is 30.5 Å². The van der Waals surface area contributed by atoms with Crippen LogP contribution in [0.3, 0.4) is 0 Å². The smallest absolute Gasteiger partial charge is 0.156 e. The molecule has 3 rings (SSSR count). The molecule has 0 amide bonds. The zero-order chi connectivity index (χ0) is 12.4. The van der Waals surface area contributed by atoms with Gasteiger partial charge in [0.1, 0.15) is 0 Å². The van der Waals surface area contributed by atoms with Crippen molar-refractivity contribution in [3.8, 4) is 0 Å². The van der Waals surface area contributed by atoms with E-state index < -0.39 is 0 Å². The van der Waals surface area contributed by atoms with Crippen LogP contribution >= 0.6 is 11.6 Å². The monoisotopic (exact) mass is 261 g/mol. The van der Waals surface area contributed by atoms with E-state index in [9.17, 15) is 0 Å². The van der Waals surface area contributed by atoms with Crippen LogP contribution in [0.1, 0.15) is 19.3 Å².